The molecule has 0 amide bonds. The summed E-state index contributed by atoms with van der Waals surface area (Å²) in [4.78, 5) is 10.6. The van der Waals surface area contributed by atoms with Crippen LogP contribution in [0.2, 0.25) is 0 Å². The summed E-state index contributed by atoms with van der Waals surface area (Å²) in [6.45, 7) is 4.00. The summed E-state index contributed by atoms with van der Waals surface area (Å²) in [5, 5.41) is 5.43. The lowest BCUT2D eigenvalue weighted by molar-refractivity contribution is 0.753. The van der Waals surface area contributed by atoms with E-state index in [1.165, 1.54) is 17.0 Å². The lowest BCUT2D eigenvalue weighted by Gasteiger charge is -2.07. The molecule has 3 heterocycles. The number of hydrogen-bond acceptors (Lipinski definition) is 4. The van der Waals surface area contributed by atoms with E-state index in [2.05, 4.69) is 28.7 Å². The van der Waals surface area contributed by atoms with E-state index in [-0.39, 0.29) is 0 Å². The van der Waals surface area contributed by atoms with Gasteiger partial charge in [0.1, 0.15) is 0 Å². The van der Waals surface area contributed by atoms with Crippen molar-refractivity contribution in [3.63, 3.8) is 0 Å². The van der Waals surface area contributed by atoms with Crippen molar-refractivity contribution in [2.45, 2.75) is 32.9 Å². The van der Waals surface area contributed by atoms with Crippen molar-refractivity contribution in [1.82, 2.24) is 15.3 Å². The lowest BCUT2D eigenvalue weighted by Crippen LogP contribution is -2.03. The van der Waals surface area contributed by atoms with Gasteiger partial charge in [-0.15, -0.1) is 11.3 Å². The number of aromatic nitrogens is 2. The summed E-state index contributed by atoms with van der Waals surface area (Å²) in [6.07, 6.45) is 2.18. The molecule has 1 aliphatic rings. The van der Waals surface area contributed by atoms with Gasteiger partial charge in [0, 0.05) is 24.3 Å². The highest BCUT2D eigenvalue weighted by Crippen LogP contribution is 2.25. The molecular formula is C13H15N3S. The van der Waals surface area contributed by atoms with E-state index >= 15 is 0 Å². The zero-order chi connectivity index (χ0) is 11.7. The van der Waals surface area contributed by atoms with Crippen LogP contribution in [0.5, 0.6) is 0 Å². The van der Waals surface area contributed by atoms with Crippen molar-refractivity contribution in [3.8, 4) is 10.7 Å². The van der Waals surface area contributed by atoms with Gasteiger partial charge in [-0.05, 0) is 17.9 Å². The number of nitrogens with zero attached hydrogens (tertiary/aromatic N) is 2. The molecule has 0 aromatic carbocycles. The highest BCUT2D eigenvalue weighted by atomic mass is 32.1. The molecule has 1 N–H and O–H groups in total. The van der Waals surface area contributed by atoms with Crippen LogP contribution in [0.15, 0.2) is 17.5 Å². The van der Waals surface area contributed by atoms with Crippen LogP contribution in [0.1, 0.15) is 30.3 Å². The Labute approximate surface area is 105 Å². The summed E-state index contributed by atoms with van der Waals surface area (Å²) in [6, 6.07) is 4.14. The van der Waals surface area contributed by atoms with Gasteiger partial charge in [-0.1, -0.05) is 19.4 Å². The zero-order valence-electron chi connectivity index (χ0n) is 9.86. The molecule has 0 radical (unpaired) electrons. The van der Waals surface area contributed by atoms with Crippen LogP contribution in [0.3, 0.4) is 0 Å². The Balaban J connectivity index is 2.09. The molecule has 3 nitrogen and oxygen atoms in total. The van der Waals surface area contributed by atoms with Gasteiger partial charge in [-0.3, -0.25) is 0 Å². The van der Waals surface area contributed by atoms with E-state index in [1.807, 2.05) is 6.07 Å². The summed E-state index contributed by atoms with van der Waals surface area (Å²) >= 11 is 1.70. The first kappa shape index (κ1) is 10.9. The third kappa shape index (κ3) is 1.98. The molecule has 0 spiro atoms. The third-order valence-corrected chi connectivity index (χ3v) is 3.87. The van der Waals surface area contributed by atoms with E-state index in [0.29, 0.717) is 0 Å². The van der Waals surface area contributed by atoms with Crippen LogP contribution in [-0.4, -0.2) is 9.97 Å². The Hall–Kier alpha value is -1.26. The molecule has 88 valence electrons. The molecular weight excluding hydrogens is 230 g/mol. The van der Waals surface area contributed by atoms with Crippen LogP contribution in [0, 0.1) is 0 Å². The number of aryl methyl sites for hydroxylation is 1. The van der Waals surface area contributed by atoms with Gasteiger partial charge in [0.2, 0.25) is 0 Å². The Bertz CT molecular complexity index is 520. The van der Waals surface area contributed by atoms with Gasteiger partial charge in [0.05, 0.1) is 10.6 Å². The smallest absolute Gasteiger partial charge is 0.169 e. The van der Waals surface area contributed by atoms with Crippen molar-refractivity contribution in [2.75, 3.05) is 0 Å². The van der Waals surface area contributed by atoms with Crippen molar-refractivity contribution in [1.29, 1.82) is 0 Å². The summed E-state index contributed by atoms with van der Waals surface area (Å²) in [7, 11) is 0. The third-order valence-electron chi connectivity index (χ3n) is 3.00. The SMILES string of the molecule is CCCc1nc(-c2cccs2)nc2c1CNC2. The van der Waals surface area contributed by atoms with Gasteiger partial charge in [-0.2, -0.15) is 0 Å². The molecule has 0 aliphatic carbocycles. The minimum atomic E-state index is 0.882. The van der Waals surface area contributed by atoms with E-state index in [9.17, 15) is 0 Å². The van der Waals surface area contributed by atoms with Crippen LogP contribution < -0.4 is 5.32 Å². The summed E-state index contributed by atoms with van der Waals surface area (Å²) in [5.41, 5.74) is 3.74. The molecule has 0 fully saturated rings. The van der Waals surface area contributed by atoms with Crippen molar-refractivity contribution >= 4 is 11.3 Å². The van der Waals surface area contributed by atoms with Gasteiger partial charge in [-0.25, -0.2) is 9.97 Å². The molecule has 2 aromatic heterocycles. The quantitative estimate of drug-likeness (QED) is 0.903. The van der Waals surface area contributed by atoms with Crippen molar-refractivity contribution in [2.24, 2.45) is 0 Å². The first-order chi connectivity index (χ1) is 8.38. The highest BCUT2D eigenvalue weighted by Gasteiger charge is 2.18. The minimum absolute atomic E-state index is 0.882. The van der Waals surface area contributed by atoms with Crippen LogP contribution >= 0.6 is 11.3 Å². The Kier molecular flexibility index (Phi) is 2.91. The fourth-order valence-electron chi connectivity index (χ4n) is 2.20. The maximum atomic E-state index is 4.74. The summed E-state index contributed by atoms with van der Waals surface area (Å²) < 4.78 is 0. The number of thiophene rings is 1. The van der Waals surface area contributed by atoms with Gasteiger partial charge < -0.3 is 5.32 Å². The first-order valence-corrected chi connectivity index (χ1v) is 6.89. The average Bonchev–Trinajstić information content (AvgIpc) is 3.00. The topological polar surface area (TPSA) is 37.8 Å². The molecule has 3 rings (SSSR count). The molecule has 0 unspecified atom stereocenters. The average molecular weight is 245 g/mol. The normalized spacial score (nSPS) is 13.9. The fourth-order valence-corrected chi connectivity index (χ4v) is 2.86. The first-order valence-electron chi connectivity index (χ1n) is 6.01. The molecule has 4 heteroatoms. The number of hydrogen-bond donors (Lipinski definition) is 1. The molecule has 0 bridgehead atoms. The number of rotatable bonds is 3. The largest absolute Gasteiger partial charge is 0.307 e. The maximum absolute atomic E-state index is 4.74. The van der Waals surface area contributed by atoms with E-state index < -0.39 is 0 Å². The van der Waals surface area contributed by atoms with Crippen LogP contribution in [0.25, 0.3) is 10.7 Å². The maximum Gasteiger partial charge on any atom is 0.169 e. The van der Waals surface area contributed by atoms with Gasteiger partial charge in [0.15, 0.2) is 5.82 Å². The minimum Gasteiger partial charge on any atom is -0.307 e. The molecule has 2 aromatic rings. The van der Waals surface area contributed by atoms with Crippen molar-refractivity contribution < 1.29 is 0 Å². The number of fused-ring (bicyclic) bond motifs is 1. The number of nitrogens with one attached hydrogen (secondary N) is 1. The Morgan fingerprint density at radius 3 is 3.06 bits per heavy atom. The summed E-state index contributed by atoms with van der Waals surface area (Å²) in [5.74, 6) is 0.894. The predicted octanol–water partition coefficient (Wildman–Crippen LogP) is 2.76. The second kappa shape index (κ2) is 4.55. The predicted molar refractivity (Wildman–Crippen MR) is 69.9 cm³/mol. The van der Waals surface area contributed by atoms with Crippen LogP contribution in [-0.2, 0) is 19.5 Å². The molecule has 1 aliphatic heterocycles. The standard InChI is InChI=1S/C13H15N3S/c1-2-4-10-9-7-14-8-11(9)16-13(15-10)12-5-3-6-17-12/h3,5-6,14H,2,4,7-8H2,1H3. The molecule has 0 atom stereocenters. The zero-order valence-corrected chi connectivity index (χ0v) is 10.7. The molecule has 0 saturated heterocycles. The van der Waals surface area contributed by atoms with E-state index in [4.69, 9.17) is 4.98 Å². The van der Waals surface area contributed by atoms with E-state index in [0.717, 1.165) is 36.6 Å². The monoisotopic (exact) mass is 245 g/mol. The highest BCUT2D eigenvalue weighted by molar-refractivity contribution is 7.13. The fraction of sp³-hybridized carbons (Fsp3) is 0.385. The second-order valence-corrected chi connectivity index (χ2v) is 5.20. The lowest BCUT2D eigenvalue weighted by atomic mass is 10.1. The molecule has 0 saturated carbocycles. The van der Waals surface area contributed by atoms with Crippen LogP contribution in [0.4, 0.5) is 0 Å². The van der Waals surface area contributed by atoms with Gasteiger partial charge in [0.25, 0.3) is 0 Å². The van der Waals surface area contributed by atoms with Crippen molar-refractivity contribution in [3.05, 3.63) is 34.5 Å². The Morgan fingerprint density at radius 1 is 1.35 bits per heavy atom. The molecule has 17 heavy (non-hydrogen) atoms. The van der Waals surface area contributed by atoms with E-state index in [1.54, 1.807) is 11.3 Å². The Morgan fingerprint density at radius 2 is 2.29 bits per heavy atom. The second-order valence-electron chi connectivity index (χ2n) is 4.25. The van der Waals surface area contributed by atoms with Gasteiger partial charge >= 0.3 is 0 Å².